The number of benzene rings is 3. The highest BCUT2D eigenvalue weighted by Gasteiger charge is 2.37. The summed E-state index contributed by atoms with van der Waals surface area (Å²) in [6, 6.07) is 19.8. The van der Waals surface area contributed by atoms with Crippen LogP contribution in [0.4, 0.5) is 0 Å². The molecule has 7 nitrogen and oxygen atoms in total. The lowest BCUT2D eigenvalue weighted by Crippen LogP contribution is -2.43. The van der Waals surface area contributed by atoms with Crippen LogP contribution in [0.25, 0.3) is 10.8 Å². The van der Waals surface area contributed by atoms with E-state index in [1.165, 1.54) is 0 Å². The van der Waals surface area contributed by atoms with Gasteiger partial charge in [0.25, 0.3) is 17.7 Å². The summed E-state index contributed by atoms with van der Waals surface area (Å²) in [5, 5.41) is 1.86. The highest BCUT2D eigenvalue weighted by Crippen LogP contribution is 2.25. The van der Waals surface area contributed by atoms with E-state index in [4.69, 9.17) is 4.74 Å². The Morgan fingerprint density at radius 3 is 2.30 bits per heavy atom. The summed E-state index contributed by atoms with van der Waals surface area (Å²) in [4.78, 5) is 53.5. The highest BCUT2D eigenvalue weighted by molar-refractivity contribution is 6.21. The van der Waals surface area contributed by atoms with Crippen molar-refractivity contribution in [2.24, 2.45) is 5.92 Å². The second kappa shape index (κ2) is 8.50. The number of ether oxygens (including phenoxy) is 1. The lowest BCUT2D eigenvalue weighted by molar-refractivity contribution is -0.152. The molecule has 0 N–H and O–H groups in total. The number of fused-ring (bicyclic) bond motifs is 2. The van der Waals surface area contributed by atoms with E-state index in [2.05, 4.69) is 0 Å². The van der Waals surface area contributed by atoms with E-state index in [0.717, 1.165) is 15.7 Å². The second-order valence-corrected chi connectivity index (χ2v) is 8.29. The molecule has 0 radical (unpaired) electrons. The van der Waals surface area contributed by atoms with Crippen molar-refractivity contribution in [2.75, 3.05) is 19.8 Å². The smallest absolute Gasteiger partial charge is 0.312 e. The molecule has 1 atom stereocenters. The molecule has 2 aliphatic rings. The standard InChI is InChI=1S/C26H22N2O5/c29-23(20-13-5-8-17-7-1-2-10-19(17)20)27-14-6-9-18(15-27)26(32)33-16-28-24(30)21-11-3-4-12-22(21)25(28)31/h1-5,7-8,10-13,18H,6,9,14-16H2/t18-/m0/s1. The van der Waals surface area contributed by atoms with Crippen LogP contribution in [-0.2, 0) is 9.53 Å². The van der Waals surface area contributed by atoms with Crippen molar-refractivity contribution < 1.29 is 23.9 Å². The highest BCUT2D eigenvalue weighted by atomic mass is 16.5. The number of carbonyl (C=O) groups excluding carboxylic acids is 4. The number of rotatable bonds is 4. The first-order chi connectivity index (χ1) is 16.0. The van der Waals surface area contributed by atoms with Crippen molar-refractivity contribution in [3.63, 3.8) is 0 Å². The van der Waals surface area contributed by atoms with E-state index in [1.807, 2.05) is 36.4 Å². The molecule has 1 saturated heterocycles. The van der Waals surface area contributed by atoms with Crippen LogP contribution < -0.4 is 0 Å². The number of likely N-dealkylation sites (tertiary alicyclic amines) is 1. The third kappa shape index (κ3) is 3.75. The third-order valence-corrected chi connectivity index (χ3v) is 6.28. The van der Waals surface area contributed by atoms with Gasteiger partial charge in [-0.25, -0.2) is 4.90 Å². The first-order valence-electron chi connectivity index (χ1n) is 10.9. The molecule has 2 heterocycles. The van der Waals surface area contributed by atoms with Gasteiger partial charge in [0.15, 0.2) is 6.73 Å². The van der Waals surface area contributed by atoms with Gasteiger partial charge >= 0.3 is 5.97 Å². The van der Waals surface area contributed by atoms with Crippen LogP contribution in [0, 0.1) is 5.92 Å². The van der Waals surface area contributed by atoms with Gasteiger partial charge in [-0.05, 0) is 41.8 Å². The molecule has 0 bridgehead atoms. The Morgan fingerprint density at radius 1 is 0.879 bits per heavy atom. The maximum Gasteiger partial charge on any atom is 0.312 e. The minimum atomic E-state index is -0.512. The van der Waals surface area contributed by atoms with Crippen molar-refractivity contribution in [1.29, 1.82) is 0 Å². The minimum Gasteiger partial charge on any atom is -0.443 e. The normalized spacial score (nSPS) is 17.9. The number of carbonyl (C=O) groups is 4. The van der Waals surface area contributed by atoms with Gasteiger partial charge < -0.3 is 9.64 Å². The van der Waals surface area contributed by atoms with Crippen molar-refractivity contribution in [1.82, 2.24) is 9.80 Å². The zero-order chi connectivity index (χ0) is 22.9. The summed E-state index contributed by atoms with van der Waals surface area (Å²) < 4.78 is 5.35. The van der Waals surface area contributed by atoms with E-state index >= 15 is 0 Å². The van der Waals surface area contributed by atoms with Gasteiger partial charge in [-0.2, -0.15) is 0 Å². The van der Waals surface area contributed by atoms with Crippen molar-refractivity contribution >= 4 is 34.5 Å². The van der Waals surface area contributed by atoms with Crippen LogP contribution in [0.1, 0.15) is 43.9 Å². The molecule has 0 aromatic heterocycles. The predicted molar refractivity (Wildman–Crippen MR) is 120 cm³/mol. The zero-order valence-corrected chi connectivity index (χ0v) is 17.9. The largest absolute Gasteiger partial charge is 0.443 e. The molecule has 7 heteroatoms. The summed E-state index contributed by atoms with van der Waals surface area (Å²) >= 11 is 0. The van der Waals surface area contributed by atoms with Gasteiger partial charge in [0, 0.05) is 18.7 Å². The van der Waals surface area contributed by atoms with Crippen LogP contribution in [0.2, 0.25) is 0 Å². The fourth-order valence-electron chi connectivity index (χ4n) is 4.54. The second-order valence-electron chi connectivity index (χ2n) is 8.29. The van der Waals surface area contributed by atoms with Gasteiger partial charge in [0.05, 0.1) is 17.0 Å². The Kier molecular flexibility index (Phi) is 5.38. The molecule has 166 valence electrons. The summed E-state index contributed by atoms with van der Waals surface area (Å²) in [5.74, 6) is -2.08. The van der Waals surface area contributed by atoms with Gasteiger partial charge in [0.1, 0.15) is 0 Å². The van der Waals surface area contributed by atoms with Crippen LogP contribution in [0.15, 0.2) is 66.7 Å². The number of hydrogen-bond donors (Lipinski definition) is 0. The fraction of sp³-hybridized carbons (Fsp3) is 0.231. The number of hydrogen-bond acceptors (Lipinski definition) is 5. The van der Waals surface area contributed by atoms with E-state index in [-0.39, 0.29) is 12.5 Å². The predicted octanol–water partition coefficient (Wildman–Crippen LogP) is 3.49. The van der Waals surface area contributed by atoms with E-state index in [9.17, 15) is 19.2 Å². The van der Waals surface area contributed by atoms with Gasteiger partial charge in [-0.1, -0.05) is 48.5 Å². The quantitative estimate of drug-likeness (QED) is 0.456. The lowest BCUT2D eigenvalue weighted by Gasteiger charge is -2.32. The first kappa shape index (κ1) is 20.9. The number of piperidine rings is 1. The van der Waals surface area contributed by atoms with Gasteiger partial charge in [-0.15, -0.1) is 0 Å². The number of imide groups is 1. The maximum atomic E-state index is 13.2. The van der Waals surface area contributed by atoms with Crippen molar-refractivity contribution in [3.8, 4) is 0 Å². The third-order valence-electron chi connectivity index (χ3n) is 6.28. The number of nitrogens with zero attached hydrogens (tertiary/aromatic N) is 2. The maximum absolute atomic E-state index is 13.2. The summed E-state index contributed by atoms with van der Waals surface area (Å²) in [6.07, 6.45) is 1.25. The van der Waals surface area contributed by atoms with Crippen LogP contribution in [-0.4, -0.2) is 53.3 Å². The molecule has 0 unspecified atom stereocenters. The summed E-state index contributed by atoms with van der Waals surface area (Å²) in [6.45, 7) is 0.367. The average Bonchev–Trinajstić information content (AvgIpc) is 3.11. The van der Waals surface area contributed by atoms with Gasteiger partial charge in [-0.3, -0.25) is 19.2 Å². The SMILES string of the molecule is O=C(OCN1C(=O)c2ccccc2C1=O)[C@H]1CCCN(C(=O)c2cccc3ccccc23)C1. The van der Waals surface area contributed by atoms with E-state index < -0.39 is 30.4 Å². The molecular formula is C26H22N2O5. The Hall–Kier alpha value is -4.00. The summed E-state index contributed by atoms with van der Waals surface area (Å²) in [7, 11) is 0. The molecule has 3 aromatic rings. The molecule has 3 amide bonds. The molecule has 2 aliphatic heterocycles. The number of amides is 3. The van der Waals surface area contributed by atoms with E-state index in [0.29, 0.717) is 36.1 Å². The van der Waals surface area contributed by atoms with Crippen LogP contribution in [0.3, 0.4) is 0 Å². The monoisotopic (exact) mass is 442 g/mol. The molecule has 0 saturated carbocycles. The zero-order valence-electron chi connectivity index (χ0n) is 17.9. The van der Waals surface area contributed by atoms with Crippen molar-refractivity contribution in [2.45, 2.75) is 12.8 Å². The van der Waals surface area contributed by atoms with Crippen LogP contribution in [0.5, 0.6) is 0 Å². The molecule has 3 aromatic carbocycles. The lowest BCUT2D eigenvalue weighted by atomic mass is 9.96. The Labute approximate surface area is 190 Å². The Balaban J connectivity index is 1.25. The van der Waals surface area contributed by atoms with E-state index in [1.54, 1.807) is 35.2 Å². The molecule has 1 fully saturated rings. The van der Waals surface area contributed by atoms with Gasteiger partial charge in [0.2, 0.25) is 0 Å². The topological polar surface area (TPSA) is 84.0 Å². The minimum absolute atomic E-state index is 0.121. The molecule has 33 heavy (non-hydrogen) atoms. The molecule has 0 aliphatic carbocycles. The molecular weight excluding hydrogens is 420 g/mol. The summed E-state index contributed by atoms with van der Waals surface area (Å²) in [5.41, 5.74) is 1.22. The molecule has 0 spiro atoms. The fourth-order valence-corrected chi connectivity index (χ4v) is 4.54. The van der Waals surface area contributed by atoms with Crippen LogP contribution >= 0.6 is 0 Å². The Bertz CT molecular complexity index is 1240. The van der Waals surface area contributed by atoms with Crippen molar-refractivity contribution in [3.05, 3.63) is 83.4 Å². The Morgan fingerprint density at radius 2 is 1.55 bits per heavy atom. The first-order valence-corrected chi connectivity index (χ1v) is 10.9. The number of esters is 1. The molecule has 5 rings (SSSR count). The average molecular weight is 442 g/mol.